The van der Waals surface area contributed by atoms with Crippen molar-refractivity contribution in [3.8, 4) is 50.5 Å². The molecule has 13 aromatic rings. The summed E-state index contributed by atoms with van der Waals surface area (Å²) in [5, 5.41) is 6.85. The van der Waals surface area contributed by atoms with E-state index in [1.165, 1.54) is 66.2 Å². The lowest BCUT2D eigenvalue weighted by atomic mass is 9.67. The van der Waals surface area contributed by atoms with Gasteiger partial charge in [0.2, 0.25) is 0 Å². The average Bonchev–Trinajstić information content (AvgIpc) is 3.91. The van der Waals surface area contributed by atoms with E-state index >= 15 is 0 Å². The summed E-state index contributed by atoms with van der Waals surface area (Å²) in [4.78, 5) is 15.3. The molecule has 4 heterocycles. The molecule has 4 aromatic heterocycles. The van der Waals surface area contributed by atoms with Crippen molar-refractivity contribution in [3.63, 3.8) is 0 Å². The molecule has 0 saturated carbocycles. The predicted molar refractivity (Wildman–Crippen MR) is 280 cm³/mol. The van der Waals surface area contributed by atoms with Crippen LogP contribution in [0.5, 0.6) is 0 Å². The zero-order valence-corrected chi connectivity index (χ0v) is 36.9. The number of nitrogens with zero attached hydrogens (tertiary/aromatic N) is 4. The molecule has 316 valence electrons. The highest BCUT2D eigenvalue weighted by Gasteiger charge is 2.46. The van der Waals surface area contributed by atoms with E-state index in [1.807, 2.05) is 18.5 Å². The van der Waals surface area contributed by atoms with Gasteiger partial charge in [0.25, 0.3) is 0 Å². The summed E-state index contributed by atoms with van der Waals surface area (Å²) in [7, 11) is 0. The quantitative estimate of drug-likeness (QED) is 0.156. The summed E-state index contributed by atoms with van der Waals surface area (Å²) in [6.45, 7) is 0. The fourth-order valence-corrected chi connectivity index (χ4v) is 11.3. The second-order valence-corrected chi connectivity index (χ2v) is 17.9. The van der Waals surface area contributed by atoms with Crippen LogP contribution in [0.1, 0.15) is 22.3 Å². The van der Waals surface area contributed by atoms with E-state index in [-0.39, 0.29) is 0 Å². The summed E-state index contributed by atoms with van der Waals surface area (Å²) >= 11 is 0. The van der Waals surface area contributed by atoms with Gasteiger partial charge in [-0.2, -0.15) is 0 Å². The SMILES string of the molecule is c1ccc(-c2ccc3ccc4ccc(-c5ccc6c(c5)C(c5ccccc5)(c5ccccc5)c5cc(-c7cc8c9cnccc9n(-c9ccccc9)c8c8ccccc78)ccc5-6)nc4c3n2)cc1. The molecule has 4 heteroatoms. The minimum Gasteiger partial charge on any atom is -0.309 e. The summed E-state index contributed by atoms with van der Waals surface area (Å²) in [6, 6.07) is 83.7. The van der Waals surface area contributed by atoms with Crippen molar-refractivity contribution < 1.29 is 0 Å². The van der Waals surface area contributed by atoms with E-state index in [2.05, 4.69) is 234 Å². The molecule has 0 N–H and O–H groups in total. The summed E-state index contributed by atoms with van der Waals surface area (Å²) in [5.74, 6) is 0. The Morgan fingerprint density at radius 1 is 0.368 bits per heavy atom. The Balaban J connectivity index is 1.00. The van der Waals surface area contributed by atoms with Gasteiger partial charge in [0, 0.05) is 56.1 Å². The van der Waals surface area contributed by atoms with E-state index in [1.54, 1.807) is 0 Å². The highest BCUT2D eigenvalue weighted by molar-refractivity contribution is 6.22. The molecule has 0 bridgehead atoms. The van der Waals surface area contributed by atoms with Crippen LogP contribution in [0.4, 0.5) is 0 Å². The Bertz CT molecular complexity index is 4080. The van der Waals surface area contributed by atoms with Crippen LogP contribution in [-0.2, 0) is 5.41 Å². The molecule has 9 aromatic carbocycles. The highest BCUT2D eigenvalue weighted by Crippen LogP contribution is 2.58. The second-order valence-electron chi connectivity index (χ2n) is 17.9. The molecule has 0 amide bonds. The molecular weight excluding hydrogens is 825 g/mol. The van der Waals surface area contributed by atoms with Crippen LogP contribution < -0.4 is 0 Å². The topological polar surface area (TPSA) is 43.6 Å². The van der Waals surface area contributed by atoms with Gasteiger partial charge >= 0.3 is 0 Å². The first-order valence-corrected chi connectivity index (χ1v) is 23.2. The van der Waals surface area contributed by atoms with E-state index in [0.29, 0.717) is 0 Å². The third-order valence-corrected chi connectivity index (χ3v) is 14.3. The number of para-hydroxylation sites is 1. The summed E-state index contributed by atoms with van der Waals surface area (Å²) in [6.07, 6.45) is 3.92. The fraction of sp³-hybridized carbons (Fsp3) is 0.0156. The monoisotopic (exact) mass is 864 g/mol. The van der Waals surface area contributed by atoms with Crippen molar-refractivity contribution in [1.82, 2.24) is 19.5 Å². The third-order valence-electron chi connectivity index (χ3n) is 14.3. The normalized spacial score (nSPS) is 12.8. The van der Waals surface area contributed by atoms with Crippen LogP contribution in [0, 0.1) is 0 Å². The number of fused-ring (bicyclic) bond motifs is 11. The number of pyridine rings is 3. The Morgan fingerprint density at radius 2 is 0.897 bits per heavy atom. The molecule has 1 aliphatic carbocycles. The van der Waals surface area contributed by atoms with E-state index in [4.69, 9.17) is 9.97 Å². The van der Waals surface area contributed by atoms with Gasteiger partial charge in [-0.15, -0.1) is 0 Å². The second kappa shape index (κ2) is 15.0. The molecule has 14 rings (SSSR count). The molecule has 0 unspecified atom stereocenters. The summed E-state index contributed by atoms with van der Waals surface area (Å²) in [5.41, 5.74) is 18.3. The smallest absolute Gasteiger partial charge is 0.0972 e. The molecule has 68 heavy (non-hydrogen) atoms. The van der Waals surface area contributed by atoms with Crippen molar-refractivity contribution in [2.75, 3.05) is 0 Å². The average molecular weight is 865 g/mol. The molecule has 0 radical (unpaired) electrons. The first-order valence-electron chi connectivity index (χ1n) is 23.2. The molecule has 0 fully saturated rings. The first-order chi connectivity index (χ1) is 33.7. The van der Waals surface area contributed by atoms with E-state index < -0.39 is 5.41 Å². The lowest BCUT2D eigenvalue weighted by Gasteiger charge is -2.34. The van der Waals surface area contributed by atoms with Crippen LogP contribution >= 0.6 is 0 Å². The number of hydrogen-bond acceptors (Lipinski definition) is 3. The van der Waals surface area contributed by atoms with Crippen LogP contribution in [0.3, 0.4) is 0 Å². The largest absolute Gasteiger partial charge is 0.309 e. The van der Waals surface area contributed by atoms with Gasteiger partial charge in [0.05, 0.1) is 38.9 Å². The van der Waals surface area contributed by atoms with Crippen molar-refractivity contribution in [1.29, 1.82) is 0 Å². The number of benzene rings is 9. The van der Waals surface area contributed by atoms with Gasteiger partial charge in [0.1, 0.15) is 0 Å². The van der Waals surface area contributed by atoms with Crippen molar-refractivity contribution >= 4 is 54.4 Å². The van der Waals surface area contributed by atoms with Gasteiger partial charge in [0.15, 0.2) is 0 Å². The van der Waals surface area contributed by atoms with Crippen LogP contribution in [0.2, 0.25) is 0 Å². The Labute approximate surface area is 393 Å². The van der Waals surface area contributed by atoms with Gasteiger partial charge in [-0.3, -0.25) is 4.98 Å². The molecular formula is C64H40N4. The van der Waals surface area contributed by atoms with E-state index in [9.17, 15) is 0 Å². The van der Waals surface area contributed by atoms with Crippen LogP contribution in [0.25, 0.3) is 105 Å². The zero-order chi connectivity index (χ0) is 44.8. The fourth-order valence-electron chi connectivity index (χ4n) is 11.3. The van der Waals surface area contributed by atoms with Crippen LogP contribution in [0.15, 0.2) is 243 Å². The van der Waals surface area contributed by atoms with Gasteiger partial charge < -0.3 is 4.57 Å². The minimum absolute atomic E-state index is 0.637. The molecule has 4 nitrogen and oxygen atoms in total. The maximum absolute atomic E-state index is 5.46. The number of rotatable bonds is 6. The molecule has 0 aliphatic heterocycles. The number of hydrogen-bond donors (Lipinski definition) is 0. The van der Waals surface area contributed by atoms with Crippen molar-refractivity contribution in [2.45, 2.75) is 5.41 Å². The maximum atomic E-state index is 5.46. The third kappa shape index (κ3) is 5.64. The lowest BCUT2D eigenvalue weighted by molar-refractivity contribution is 0.769. The van der Waals surface area contributed by atoms with Gasteiger partial charge in [-0.25, -0.2) is 9.97 Å². The Hall–Kier alpha value is -8.99. The lowest BCUT2D eigenvalue weighted by Crippen LogP contribution is -2.28. The number of aromatic nitrogens is 4. The molecule has 0 atom stereocenters. The first kappa shape index (κ1) is 38.3. The molecule has 0 saturated heterocycles. The van der Waals surface area contributed by atoms with Crippen LogP contribution in [-0.4, -0.2) is 19.5 Å². The standard InChI is InChI=1S/C64H40N4/c1-5-15-41(16-6-1)58-33-29-42-25-26-43-30-34-59(67-62(43)61(42)66-58)45-28-32-51-50-31-27-44(37-56(50)64(57(51)38-45,46-17-7-2-8-18-46)47-19-9-3-10-20-47)53-39-54-55-40-65-36-35-60(55)68(48-21-11-4-12-22-48)63(54)52-24-14-13-23-49(52)53/h1-40H. The van der Waals surface area contributed by atoms with Crippen molar-refractivity contribution in [3.05, 3.63) is 265 Å². The predicted octanol–water partition coefficient (Wildman–Crippen LogP) is 15.8. The zero-order valence-electron chi connectivity index (χ0n) is 36.9. The Kier molecular flexibility index (Phi) is 8.46. The highest BCUT2D eigenvalue weighted by atomic mass is 15.0. The van der Waals surface area contributed by atoms with E-state index in [0.717, 1.165) is 60.9 Å². The Morgan fingerprint density at radius 3 is 1.54 bits per heavy atom. The van der Waals surface area contributed by atoms with Gasteiger partial charge in [-0.05, 0) is 98.4 Å². The summed E-state index contributed by atoms with van der Waals surface area (Å²) < 4.78 is 2.40. The molecule has 1 aliphatic rings. The minimum atomic E-state index is -0.637. The van der Waals surface area contributed by atoms with Gasteiger partial charge in [-0.1, -0.05) is 182 Å². The van der Waals surface area contributed by atoms with Crippen molar-refractivity contribution in [2.24, 2.45) is 0 Å². The maximum Gasteiger partial charge on any atom is 0.0972 e. The molecule has 0 spiro atoms.